The molecule has 16 heavy (non-hydrogen) atoms. The Morgan fingerprint density at radius 1 is 1.12 bits per heavy atom. The molecule has 0 heterocycles. The van der Waals surface area contributed by atoms with Gasteiger partial charge in [-0.1, -0.05) is 17.7 Å². The normalized spacial score (nSPS) is 9.88. The second-order valence-corrected chi connectivity index (χ2v) is 3.98. The highest BCUT2D eigenvalue weighted by Crippen LogP contribution is 2.08. The van der Waals surface area contributed by atoms with Gasteiger partial charge in [0.15, 0.2) is 0 Å². The zero-order valence-electron chi connectivity index (χ0n) is 10.0. The van der Waals surface area contributed by atoms with Gasteiger partial charge in [0.2, 0.25) is 5.91 Å². The molecule has 0 bridgehead atoms. The average molecular weight is 220 g/mol. The number of carbonyl (C=O) groups is 1. The van der Waals surface area contributed by atoms with E-state index in [0.717, 1.165) is 31.6 Å². The first kappa shape index (κ1) is 12.6. The van der Waals surface area contributed by atoms with Crippen LogP contribution in [0.3, 0.4) is 0 Å². The Kier molecular flexibility index (Phi) is 5.40. The molecule has 0 saturated carbocycles. The number of aryl methyl sites for hydroxylation is 1. The zero-order chi connectivity index (χ0) is 11.8. The van der Waals surface area contributed by atoms with Crippen LogP contribution in [-0.2, 0) is 4.79 Å². The summed E-state index contributed by atoms with van der Waals surface area (Å²) in [5.74, 6) is 0.0477. The first-order valence-corrected chi connectivity index (χ1v) is 5.73. The smallest absolute Gasteiger partial charge is 0.216 e. The minimum Gasteiger partial charge on any atom is -0.385 e. The van der Waals surface area contributed by atoms with Gasteiger partial charge in [-0.15, -0.1) is 0 Å². The Morgan fingerprint density at radius 3 is 2.38 bits per heavy atom. The molecule has 0 aliphatic carbocycles. The van der Waals surface area contributed by atoms with E-state index in [1.807, 2.05) is 0 Å². The van der Waals surface area contributed by atoms with Gasteiger partial charge in [0.1, 0.15) is 0 Å². The molecule has 0 radical (unpaired) electrons. The van der Waals surface area contributed by atoms with Crippen molar-refractivity contribution in [2.24, 2.45) is 0 Å². The lowest BCUT2D eigenvalue weighted by Gasteiger charge is -2.06. The lowest BCUT2D eigenvalue weighted by atomic mass is 10.2. The van der Waals surface area contributed by atoms with Crippen molar-refractivity contribution in [3.05, 3.63) is 29.8 Å². The van der Waals surface area contributed by atoms with E-state index in [-0.39, 0.29) is 5.91 Å². The fraction of sp³-hybridized carbons (Fsp3) is 0.462. The largest absolute Gasteiger partial charge is 0.385 e. The number of amides is 1. The summed E-state index contributed by atoms with van der Waals surface area (Å²) < 4.78 is 0. The fourth-order valence-corrected chi connectivity index (χ4v) is 1.42. The van der Waals surface area contributed by atoms with Crippen molar-refractivity contribution in [3.8, 4) is 0 Å². The Labute approximate surface area is 97.2 Å². The zero-order valence-corrected chi connectivity index (χ0v) is 10.0. The summed E-state index contributed by atoms with van der Waals surface area (Å²) in [7, 11) is 0. The number of nitrogens with one attached hydrogen (secondary N) is 2. The van der Waals surface area contributed by atoms with Gasteiger partial charge in [0.25, 0.3) is 0 Å². The summed E-state index contributed by atoms with van der Waals surface area (Å²) in [4.78, 5) is 10.6. The molecule has 0 unspecified atom stereocenters. The first-order valence-electron chi connectivity index (χ1n) is 5.73. The van der Waals surface area contributed by atoms with Crippen molar-refractivity contribution < 1.29 is 4.79 Å². The molecule has 0 saturated heterocycles. The molecule has 88 valence electrons. The van der Waals surface area contributed by atoms with E-state index in [0.29, 0.717) is 0 Å². The summed E-state index contributed by atoms with van der Waals surface area (Å²) in [5.41, 5.74) is 2.43. The molecule has 0 fully saturated rings. The van der Waals surface area contributed by atoms with Crippen LogP contribution in [0.25, 0.3) is 0 Å². The molecule has 0 atom stereocenters. The van der Waals surface area contributed by atoms with Crippen molar-refractivity contribution in [2.45, 2.75) is 26.7 Å². The van der Waals surface area contributed by atoms with Crippen molar-refractivity contribution in [2.75, 3.05) is 18.4 Å². The standard InChI is InChI=1S/C13H20N2O/c1-11-5-7-13(8-6-11)15-10-4-3-9-14-12(2)16/h5-8,15H,3-4,9-10H2,1-2H3,(H,14,16). The number of benzene rings is 1. The van der Waals surface area contributed by atoms with E-state index in [2.05, 4.69) is 41.8 Å². The van der Waals surface area contributed by atoms with Crippen LogP contribution in [0.2, 0.25) is 0 Å². The second-order valence-electron chi connectivity index (χ2n) is 3.98. The molecule has 1 rings (SSSR count). The molecule has 2 N–H and O–H groups in total. The summed E-state index contributed by atoms with van der Waals surface area (Å²) in [6, 6.07) is 8.37. The van der Waals surface area contributed by atoms with Crippen LogP contribution >= 0.6 is 0 Å². The Morgan fingerprint density at radius 2 is 1.75 bits per heavy atom. The molecular formula is C13H20N2O. The predicted octanol–water partition coefficient (Wildman–Crippen LogP) is 2.32. The Bertz CT molecular complexity index is 319. The Balaban J connectivity index is 2.07. The third-order valence-electron chi connectivity index (χ3n) is 2.36. The molecule has 1 aromatic rings. The first-order chi connectivity index (χ1) is 7.68. The van der Waals surface area contributed by atoms with Gasteiger partial charge in [0, 0.05) is 25.7 Å². The molecule has 0 aromatic heterocycles. The SMILES string of the molecule is CC(=O)NCCCCNc1ccc(C)cc1. The van der Waals surface area contributed by atoms with Gasteiger partial charge >= 0.3 is 0 Å². The van der Waals surface area contributed by atoms with Gasteiger partial charge in [-0.2, -0.15) is 0 Å². The van der Waals surface area contributed by atoms with E-state index in [4.69, 9.17) is 0 Å². The second kappa shape index (κ2) is 6.88. The number of hydrogen-bond donors (Lipinski definition) is 2. The molecule has 0 aliphatic rings. The molecule has 3 nitrogen and oxygen atoms in total. The van der Waals surface area contributed by atoms with E-state index < -0.39 is 0 Å². The van der Waals surface area contributed by atoms with Crippen LogP contribution < -0.4 is 10.6 Å². The maximum Gasteiger partial charge on any atom is 0.216 e. The minimum atomic E-state index is 0.0477. The van der Waals surface area contributed by atoms with Gasteiger partial charge in [0.05, 0.1) is 0 Å². The maximum absolute atomic E-state index is 10.6. The van der Waals surface area contributed by atoms with Crippen LogP contribution in [0, 0.1) is 6.92 Å². The van der Waals surface area contributed by atoms with Crippen molar-refractivity contribution >= 4 is 11.6 Å². The van der Waals surface area contributed by atoms with Crippen LogP contribution in [0.1, 0.15) is 25.3 Å². The van der Waals surface area contributed by atoms with Gasteiger partial charge in [-0.05, 0) is 31.9 Å². The van der Waals surface area contributed by atoms with Crippen LogP contribution in [-0.4, -0.2) is 19.0 Å². The minimum absolute atomic E-state index is 0.0477. The number of unbranched alkanes of at least 4 members (excludes halogenated alkanes) is 1. The summed E-state index contributed by atoms with van der Waals surface area (Å²) in [5, 5.41) is 6.13. The highest BCUT2D eigenvalue weighted by Gasteiger charge is 1.93. The van der Waals surface area contributed by atoms with E-state index in [1.54, 1.807) is 6.92 Å². The molecule has 0 aliphatic heterocycles. The van der Waals surface area contributed by atoms with E-state index >= 15 is 0 Å². The summed E-state index contributed by atoms with van der Waals surface area (Å²) in [6.45, 7) is 5.34. The van der Waals surface area contributed by atoms with Crippen LogP contribution in [0.5, 0.6) is 0 Å². The quantitative estimate of drug-likeness (QED) is 0.722. The molecule has 3 heteroatoms. The number of carbonyl (C=O) groups excluding carboxylic acids is 1. The molecule has 1 aromatic carbocycles. The van der Waals surface area contributed by atoms with Crippen molar-refractivity contribution in [3.63, 3.8) is 0 Å². The number of rotatable bonds is 6. The summed E-state index contributed by atoms with van der Waals surface area (Å²) >= 11 is 0. The third kappa shape index (κ3) is 5.39. The topological polar surface area (TPSA) is 41.1 Å². The highest BCUT2D eigenvalue weighted by atomic mass is 16.1. The van der Waals surface area contributed by atoms with Crippen molar-refractivity contribution in [1.82, 2.24) is 5.32 Å². The lowest BCUT2D eigenvalue weighted by Crippen LogP contribution is -2.21. The maximum atomic E-state index is 10.6. The molecule has 1 amide bonds. The lowest BCUT2D eigenvalue weighted by molar-refractivity contribution is -0.118. The van der Waals surface area contributed by atoms with E-state index in [9.17, 15) is 4.79 Å². The number of anilines is 1. The van der Waals surface area contributed by atoms with Gasteiger partial charge < -0.3 is 10.6 Å². The average Bonchev–Trinajstić information content (AvgIpc) is 2.25. The van der Waals surface area contributed by atoms with Crippen LogP contribution in [0.4, 0.5) is 5.69 Å². The number of hydrogen-bond acceptors (Lipinski definition) is 2. The molecular weight excluding hydrogens is 200 g/mol. The fourth-order valence-electron chi connectivity index (χ4n) is 1.42. The van der Waals surface area contributed by atoms with Crippen LogP contribution in [0.15, 0.2) is 24.3 Å². The molecule has 0 spiro atoms. The van der Waals surface area contributed by atoms with Gasteiger partial charge in [-0.3, -0.25) is 4.79 Å². The Hall–Kier alpha value is -1.51. The van der Waals surface area contributed by atoms with Crippen molar-refractivity contribution in [1.29, 1.82) is 0 Å². The summed E-state index contributed by atoms with van der Waals surface area (Å²) in [6.07, 6.45) is 2.08. The highest BCUT2D eigenvalue weighted by molar-refractivity contribution is 5.72. The van der Waals surface area contributed by atoms with Gasteiger partial charge in [-0.25, -0.2) is 0 Å². The predicted molar refractivity (Wildman–Crippen MR) is 67.6 cm³/mol. The monoisotopic (exact) mass is 220 g/mol. The third-order valence-corrected chi connectivity index (χ3v) is 2.36. The van der Waals surface area contributed by atoms with E-state index in [1.165, 1.54) is 5.56 Å².